The van der Waals surface area contributed by atoms with Crippen LogP contribution in [0.2, 0.25) is 0 Å². The molecule has 2 aliphatic heterocycles. The summed E-state index contributed by atoms with van der Waals surface area (Å²) in [6.07, 6.45) is 6.08. The Morgan fingerprint density at radius 3 is 2.38 bits per heavy atom. The van der Waals surface area contributed by atoms with E-state index in [1.807, 2.05) is 11.8 Å². The van der Waals surface area contributed by atoms with Gasteiger partial charge in [0, 0.05) is 52.1 Å². The number of sulfonamides is 1. The van der Waals surface area contributed by atoms with Gasteiger partial charge in [0.05, 0.1) is 12.3 Å². The standard InChI is InChI=1S/C19H33N5O4S/c1-2-15-29(26,27)24-13-11-22(12-14-24)16-17-20-18(28-21-17)7-8-19(25)23-9-5-3-4-6-10-23/h2-16H2,1H3. The van der Waals surface area contributed by atoms with Crippen LogP contribution in [0.5, 0.6) is 0 Å². The fraction of sp³-hybridized carbons (Fsp3) is 0.842. The maximum Gasteiger partial charge on any atom is 0.227 e. The molecule has 3 rings (SSSR count). The van der Waals surface area contributed by atoms with Crippen LogP contribution in [0.3, 0.4) is 0 Å². The number of hydrogen-bond donors (Lipinski definition) is 0. The highest BCUT2D eigenvalue weighted by Gasteiger charge is 2.26. The van der Waals surface area contributed by atoms with Gasteiger partial charge in [-0.2, -0.15) is 9.29 Å². The fourth-order valence-corrected chi connectivity index (χ4v) is 5.39. The summed E-state index contributed by atoms with van der Waals surface area (Å²) < 4.78 is 31.2. The summed E-state index contributed by atoms with van der Waals surface area (Å²) in [7, 11) is -3.13. The molecule has 0 atom stereocenters. The zero-order chi connectivity index (χ0) is 20.7. The van der Waals surface area contributed by atoms with Crippen LogP contribution in [0.1, 0.15) is 57.2 Å². The van der Waals surface area contributed by atoms with Gasteiger partial charge in [0.1, 0.15) is 0 Å². The SMILES string of the molecule is CCCS(=O)(=O)N1CCN(Cc2noc(CCC(=O)N3CCCCCC3)n2)CC1. The molecule has 0 bridgehead atoms. The fourth-order valence-electron chi connectivity index (χ4n) is 3.90. The third-order valence-corrected chi connectivity index (χ3v) is 7.65. The molecule has 0 saturated carbocycles. The highest BCUT2D eigenvalue weighted by atomic mass is 32.2. The first-order chi connectivity index (χ1) is 14.0. The molecule has 2 fully saturated rings. The molecule has 3 heterocycles. The van der Waals surface area contributed by atoms with Gasteiger partial charge in [0.15, 0.2) is 5.82 Å². The van der Waals surface area contributed by atoms with Crippen LogP contribution < -0.4 is 0 Å². The van der Waals surface area contributed by atoms with Crippen molar-refractivity contribution in [2.45, 2.75) is 58.4 Å². The number of aromatic nitrogens is 2. The van der Waals surface area contributed by atoms with Gasteiger partial charge < -0.3 is 9.42 Å². The Bertz CT molecular complexity index is 750. The molecule has 0 aliphatic carbocycles. The first-order valence-electron chi connectivity index (χ1n) is 10.8. The van der Waals surface area contributed by atoms with Crippen LogP contribution in [-0.2, 0) is 27.8 Å². The summed E-state index contributed by atoms with van der Waals surface area (Å²) in [5, 5.41) is 4.03. The lowest BCUT2D eigenvalue weighted by Gasteiger charge is -2.33. The first kappa shape index (κ1) is 22.2. The smallest absolute Gasteiger partial charge is 0.227 e. The number of aryl methyl sites for hydroxylation is 1. The van der Waals surface area contributed by atoms with Crippen molar-refractivity contribution in [2.24, 2.45) is 0 Å². The summed E-state index contributed by atoms with van der Waals surface area (Å²) in [6, 6.07) is 0. The van der Waals surface area contributed by atoms with Gasteiger partial charge in [0.2, 0.25) is 21.8 Å². The second kappa shape index (κ2) is 10.5. The Kier molecular flexibility index (Phi) is 8.02. The second-order valence-electron chi connectivity index (χ2n) is 7.89. The van der Waals surface area contributed by atoms with E-state index in [9.17, 15) is 13.2 Å². The molecule has 0 aromatic carbocycles. The van der Waals surface area contributed by atoms with Crippen molar-refractivity contribution in [3.63, 3.8) is 0 Å². The number of amides is 1. The van der Waals surface area contributed by atoms with Crippen molar-refractivity contribution < 1.29 is 17.7 Å². The maximum absolute atomic E-state index is 12.4. The van der Waals surface area contributed by atoms with E-state index in [4.69, 9.17) is 4.52 Å². The van der Waals surface area contributed by atoms with Gasteiger partial charge in [-0.15, -0.1) is 0 Å². The van der Waals surface area contributed by atoms with E-state index in [1.165, 1.54) is 12.8 Å². The van der Waals surface area contributed by atoms with Crippen LogP contribution in [0.25, 0.3) is 0 Å². The van der Waals surface area contributed by atoms with E-state index in [1.54, 1.807) is 4.31 Å². The Morgan fingerprint density at radius 2 is 1.72 bits per heavy atom. The Hall–Kier alpha value is -1.52. The quantitative estimate of drug-likeness (QED) is 0.616. The number of hydrogen-bond acceptors (Lipinski definition) is 7. The van der Waals surface area contributed by atoms with Crippen molar-refractivity contribution in [1.29, 1.82) is 0 Å². The molecule has 0 unspecified atom stereocenters. The van der Waals surface area contributed by atoms with Crippen molar-refractivity contribution in [1.82, 2.24) is 24.2 Å². The molecule has 0 radical (unpaired) electrons. The molecule has 1 aromatic heterocycles. The molecule has 29 heavy (non-hydrogen) atoms. The van der Waals surface area contributed by atoms with E-state index >= 15 is 0 Å². The van der Waals surface area contributed by atoms with Crippen LogP contribution in [-0.4, -0.2) is 83.6 Å². The third kappa shape index (κ3) is 6.48. The van der Waals surface area contributed by atoms with Crippen molar-refractivity contribution >= 4 is 15.9 Å². The highest BCUT2D eigenvalue weighted by molar-refractivity contribution is 7.89. The second-order valence-corrected chi connectivity index (χ2v) is 9.98. The van der Waals surface area contributed by atoms with Gasteiger partial charge in [-0.05, 0) is 19.3 Å². The molecule has 1 amide bonds. The van der Waals surface area contributed by atoms with Crippen LogP contribution in [0.4, 0.5) is 0 Å². The molecule has 2 saturated heterocycles. The van der Waals surface area contributed by atoms with Gasteiger partial charge in [0.25, 0.3) is 0 Å². The number of nitrogens with zero attached hydrogens (tertiary/aromatic N) is 5. The zero-order valence-corrected chi connectivity index (χ0v) is 18.2. The molecule has 9 nitrogen and oxygen atoms in total. The predicted molar refractivity (Wildman–Crippen MR) is 109 cm³/mol. The van der Waals surface area contributed by atoms with Crippen molar-refractivity contribution in [3.8, 4) is 0 Å². The van der Waals surface area contributed by atoms with Crippen molar-refractivity contribution in [3.05, 3.63) is 11.7 Å². The Labute approximate surface area is 173 Å². The number of carbonyl (C=O) groups is 1. The zero-order valence-electron chi connectivity index (χ0n) is 17.4. The molecular formula is C19H33N5O4S. The molecule has 1 aromatic rings. The normalized spacial score (nSPS) is 20.0. The van der Waals surface area contributed by atoms with Gasteiger partial charge in [-0.3, -0.25) is 9.69 Å². The van der Waals surface area contributed by atoms with Gasteiger partial charge in [-0.25, -0.2) is 8.42 Å². The summed E-state index contributed by atoms with van der Waals surface area (Å²) >= 11 is 0. The number of piperazine rings is 1. The predicted octanol–water partition coefficient (Wildman–Crippen LogP) is 1.26. The van der Waals surface area contributed by atoms with E-state index in [2.05, 4.69) is 15.0 Å². The van der Waals surface area contributed by atoms with E-state index in [0.29, 0.717) is 63.7 Å². The number of carbonyl (C=O) groups excluding carboxylic acids is 1. The molecule has 2 aliphatic rings. The average molecular weight is 428 g/mol. The highest BCUT2D eigenvalue weighted by Crippen LogP contribution is 2.13. The minimum absolute atomic E-state index is 0.163. The first-order valence-corrected chi connectivity index (χ1v) is 12.4. The number of likely N-dealkylation sites (tertiary alicyclic amines) is 1. The lowest BCUT2D eigenvalue weighted by atomic mass is 10.2. The van der Waals surface area contributed by atoms with E-state index in [0.717, 1.165) is 25.9 Å². The average Bonchev–Trinajstić information content (AvgIpc) is 2.97. The van der Waals surface area contributed by atoms with Gasteiger partial charge in [-0.1, -0.05) is 24.9 Å². The molecule has 10 heteroatoms. The largest absolute Gasteiger partial charge is 0.343 e. The van der Waals surface area contributed by atoms with E-state index in [-0.39, 0.29) is 11.7 Å². The van der Waals surface area contributed by atoms with Crippen molar-refractivity contribution in [2.75, 3.05) is 45.0 Å². The summed E-state index contributed by atoms with van der Waals surface area (Å²) in [6.45, 7) is 6.42. The minimum Gasteiger partial charge on any atom is -0.343 e. The minimum atomic E-state index is -3.13. The summed E-state index contributed by atoms with van der Waals surface area (Å²) in [5.41, 5.74) is 0. The lowest BCUT2D eigenvalue weighted by molar-refractivity contribution is -0.131. The molecular weight excluding hydrogens is 394 g/mol. The third-order valence-electron chi connectivity index (χ3n) is 5.57. The summed E-state index contributed by atoms with van der Waals surface area (Å²) in [5.74, 6) is 1.45. The Balaban J connectivity index is 1.42. The Morgan fingerprint density at radius 1 is 1.03 bits per heavy atom. The summed E-state index contributed by atoms with van der Waals surface area (Å²) in [4.78, 5) is 20.9. The topological polar surface area (TPSA) is 99.8 Å². The lowest BCUT2D eigenvalue weighted by Crippen LogP contribution is -2.48. The van der Waals surface area contributed by atoms with E-state index < -0.39 is 10.0 Å². The monoisotopic (exact) mass is 427 g/mol. The van der Waals surface area contributed by atoms with Crippen LogP contribution in [0.15, 0.2) is 4.52 Å². The number of rotatable bonds is 8. The maximum atomic E-state index is 12.4. The molecule has 164 valence electrons. The van der Waals surface area contributed by atoms with Crippen LogP contribution >= 0.6 is 0 Å². The van der Waals surface area contributed by atoms with Crippen LogP contribution in [0, 0.1) is 0 Å². The molecule has 0 N–H and O–H groups in total. The molecule has 0 spiro atoms. The van der Waals surface area contributed by atoms with Gasteiger partial charge >= 0.3 is 0 Å².